The van der Waals surface area contributed by atoms with Gasteiger partial charge in [0.05, 0.1) is 30.8 Å². The van der Waals surface area contributed by atoms with E-state index >= 15 is 0 Å². The maximum Gasteiger partial charge on any atom is 0.418 e. The SMILES string of the molecule is Nc1ccc(NCC2(CO)COC2)c(C(F)(F)F)c1. The van der Waals surface area contributed by atoms with Gasteiger partial charge in [0.15, 0.2) is 0 Å². The molecule has 4 nitrogen and oxygen atoms in total. The van der Waals surface area contributed by atoms with Gasteiger partial charge in [-0.05, 0) is 18.2 Å². The summed E-state index contributed by atoms with van der Waals surface area (Å²) >= 11 is 0. The molecular formula is C12H15F3N2O2. The van der Waals surface area contributed by atoms with E-state index in [1.54, 1.807) is 0 Å². The molecule has 0 aromatic heterocycles. The summed E-state index contributed by atoms with van der Waals surface area (Å²) < 4.78 is 43.6. The molecule has 0 amide bonds. The maximum absolute atomic E-state index is 12.9. The van der Waals surface area contributed by atoms with Gasteiger partial charge in [-0.3, -0.25) is 0 Å². The van der Waals surface area contributed by atoms with Gasteiger partial charge in [0, 0.05) is 17.9 Å². The molecular weight excluding hydrogens is 261 g/mol. The van der Waals surface area contributed by atoms with Crippen LogP contribution < -0.4 is 11.1 Å². The third-order valence-corrected chi connectivity index (χ3v) is 3.15. The van der Waals surface area contributed by atoms with Crippen molar-refractivity contribution in [2.75, 3.05) is 37.4 Å². The van der Waals surface area contributed by atoms with E-state index in [-0.39, 0.29) is 24.5 Å². The summed E-state index contributed by atoms with van der Waals surface area (Å²) in [7, 11) is 0. The van der Waals surface area contributed by atoms with Crippen LogP contribution in [-0.2, 0) is 10.9 Å². The molecule has 19 heavy (non-hydrogen) atoms. The number of hydrogen-bond acceptors (Lipinski definition) is 4. The molecule has 0 radical (unpaired) electrons. The molecule has 1 aromatic carbocycles. The van der Waals surface area contributed by atoms with E-state index in [0.717, 1.165) is 6.07 Å². The van der Waals surface area contributed by atoms with Gasteiger partial charge >= 0.3 is 6.18 Å². The third kappa shape index (κ3) is 2.93. The van der Waals surface area contributed by atoms with Crippen molar-refractivity contribution in [2.24, 2.45) is 5.41 Å². The molecule has 1 aliphatic heterocycles. The number of alkyl halides is 3. The minimum Gasteiger partial charge on any atom is -0.399 e. The number of halogens is 3. The molecule has 7 heteroatoms. The van der Waals surface area contributed by atoms with Gasteiger partial charge in [-0.1, -0.05) is 0 Å². The summed E-state index contributed by atoms with van der Waals surface area (Å²) in [5.41, 5.74) is 4.10. The lowest BCUT2D eigenvalue weighted by atomic mass is 9.87. The molecule has 0 bridgehead atoms. The number of nitrogens with two attached hydrogens (primary N) is 1. The van der Waals surface area contributed by atoms with Crippen molar-refractivity contribution in [1.29, 1.82) is 0 Å². The standard InChI is InChI=1S/C12H15F3N2O2/c13-12(14,15)9-3-8(16)1-2-10(9)17-4-11(5-18)6-19-7-11/h1-3,17-18H,4-7,16H2. The van der Waals surface area contributed by atoms with E-state index in [2.05, 4.69) is 5.32 Å². The fraction of sp³-hybridized carbons (Fsp3) is 0.500. The zero-order valence-corrected chi connectivity index (χ0v) is 10.1. The number of nitrogen functional groups attached to an aromatic ring is 1. The van der Waals surface area contributed by atoms with Crippen LogP contribution in [0.1, 0.15) is 5.56 Å². The fourth-order valence-corrected chi connectivity index (χ4v) is 1.87. The van der Waals surface area contributed by atoms with Crippen LogP contribution in [0.2, 0.25) is 0 Å². The van der Waals surface area contributed by atoms with Gasteiger partial charge in [-0.25, -0.2) is 0 Å². The molecule has 0 saturated carbocycles. The van der Waals surface area contributed by atoms with Crippen LogP contribution in [0, 0.1) is 5.41 Å². The van der Waals surface area contributed by atoms with Crippen LogP contribution in [0.25, 0.3) is 0 Å². The molecule has 2 rings (SSSR count). The van der Waals surface area contributed by atoms with Gasteiger partial charge in [0.25, 0.3) is 0 Å². The first-order valence-electron chi connectivity index (χ1n) is 5.76. The fourth-order valence-electron chi connectivity index (χ4n) is 1.87. The first kappa shape index (κ1) is 14.0. The number of aliphatic hydroxyl groups is 1. The first-order valence-corrected chi connectivity index (χ1v) is 5.76. The van der Waals surface area contributed by atoms with Crippen LogP contribution in [0.15, 0.2) is 18.2 Å². The van der Waals surface area contributed by atoms with Crippen molar-refractivity contribution in [1.82, 2.24) is 0 Å². The predicted molar refractivity (Wildman–Crippen MR) is 64.7 cm³/mol. The Kier molecular flexibility index (Phi) is 3.60. The minimum atomic E-state index is -4.47. The van der Waals surface area contributed by atoms with E-state index in [1.807, 2.05) is 0 Å². The second-order valence-electron chi connectivity index (χ2n) is 4.81. The summed E-state index contributed by atoms with van der Waals surface area (Å²) in [6.45, 7) is 0.770. The second kappa shape index (κ2) is 4.90. The molecule has 1 heterocycles. The number of benzene rings is 1. The Balaban J connectivity index is 2.16. The topological polar surface area (TPSA) is 67.5 Å². The maximum atomic E-state index is 12.9. The summed E-state index contributed by atoms with van der Waals surface area (Å²) in [5, 5.41) is 12.0. The van der Waals surface area contributed by atoms with Gasteiger partial charge in [-0.2, -0.15) is 13.2 Å². The average Bonchev–Trinajstić information content (AvgIpc) is 2.28. The molecule has 0 atom stereocenters. The molecule has 0 unspecified atom stereocenters. The lowest BCUT2D eigenvalue weighted by Crippen LogP contribution is -2.50. The van der Waals surface area contributed by atoms with Crippen LogP contribution in [-0.4, -0.2) is 31.5 Å². The minimum absolute atomic E-state index is 0.0403. The highest BCUT2D eigenvalue weighted by molar-refractivity contribution is 5.59. The Morgan fingerprint density at radius 1 is 1.37 bits per heavy atom. The first-order chi connectivity index (χ1) is 8.86. The van der Waals surface area contributed by atoms with Crippen molar-refractivity contribution in [2.45, 2.75) is 6.18 Å². The smallest absolute Gasteiger partial charge is 0.399 e. The van der Waals surface area contributed by atoms with Crippen LogP contribution in [0.4, 0.5) is 24.5 Å². The molecule has 106 valence electrons. The van der Waals surface area contributed by atoms with Gasteiger partial charge in [-0.15, -0.1) is 0 Å². The summed E-state index contributed by atoms with van der Waals surface area (Å²) in [4.78, 5) is 0. The summed E-state index contributed by atoms with van der Waals surface area (Å²) in [6, 6.07) is 3.59. The zero-order valence-electron chi connectivity index (χ0n) is 10.1. The van der Waals surface area contributed by atoms with Crippen molar-refractivity contribution < 1.29 is 23.0 Å². The number of aliphatic hydroxyl groups excluding tert-OH is 1. The second-order valence-corrected chi connectivity index (χ2v) is 4.81. The molecule has 1 aliphatic rings. The molecule has 0 aliphatic carbocycles. The highest BCUT2D eigenvalue weighted by Gasteiger charge is 2.39. The van der Waals surface area contributed by atoms with Crippen molar-refractivity contribution in [3.8, 4) is 0 Å². The van der Waals surface area contributed by atoms with Crippen molar-refractivity contribution >= 4 is 11.4 Å². The zero-order chi connectivity index (χ0) is 14.1. The Morgan fingerprint density at radius 2 is 2.05 bits per heavy atom. The van der Waals surface area contributed by atoms with E-state index in [0.29, 0.717) is 13.2 Å². The lowest BCUT2D eigenvalue weighted by molar-refractivity contribution is -0.137. The van der Waals surface area contributed by atoms with Gasteiger partial charge < -0.3 is 20.9 Å². The Hall–Kier alpha value is -1.47. The van der Waals surface area contributed by atoms with E-state index in [1.165, 1.54) is 12.1 Å². The number of ether oxygens (including phenoxy) is 1. The summed E-state index contributed by atoms with van der Waals surface area (Å²) in [5.74, 6) is 0. The van der Waals surface area contributed by atoms with Gasteiger partial charge in [0.1, 0.15) is 0 Å². The highest BCUT2D eigenvalue weighted by atomic mass is 19.4. The third-order valence-electron chi connectivity index (χ3n) is 3.15. The van der Waals surface area contributed by atoms with Crippen LogP contribution in [0.5, 0.6) is 0 Å². The quantitative estimate of drug-likeness (QED) is 0.732. The Morgan fingerprint density at radius 3 is 2.53 bits per heavy atom. The average molecular weight is 276 g/mol. The lowest BCUT2D eigenvalue weighted by Gasteiger charge is -2.40. The largest absolute Gasteiger partial charge is 0.418 e. The summed E-state index contributed by atoms with van der Waals surface area (Å²) in [6.07, 6.45) is -4.47. The molecule has 1 aromatic rings. The highest BCUT2D eigenvalue weighted by Crippen LogP contribution is 2.37. The van der Waals surface area contributed by atoms with Crippen LogP contribution in [0.3, 0.4) is 0 Å². The van der Waals surface area contributed by atoms with E-state index in [4.69, 9.17) is 10.5 Å². The molecule has 1 fully saturated rings. The number of nitrogens with one attached hydrogen (secondary N) is 1. The normalized spacial score (nSPS) is 17.9. The van der Waals surface area contributed by atoms with Crippen molar-refractivity contribution in [3.05, 3.63) is 23.8 Å². The molecule has 4 N–H and O–H groups in total. The van der Waals surface area contributed by atoms with Gasteiger partial charge in [0.2, 0.25) is 0 Å². The predicted octanol–water partition coefficient (Wildman–Crippen LogP) is 1.71. The monoisotopic (exact) mass is 276 g/mol. The van der Waals surface area contributed by atoms with Crippen molar-refractivity contribution in [3.63, 3.8) is 0 Å². The molecule has 0 spiro atoms. The Labute approximate surface area is 108 Å². The van der Waals surface area contributed by atoms with E-state index < -0.39 is 17.2 Å². The number of anilines is 2. The molecule has 1 saturated heterocycles. The number of hydrogen-bond donors (Lipinski definition) is 3. The van der Waals surface area contributed by atoms with Crippen LogP contribution >= 0.6 is 0 Å². The Bertz CT molecular complexity index is 453. The number of rotatable bonds is 4. The van der Waals surface area contributed by atoms with E-state index in [9.17, 15) is 18.3 Å².